The van der Waals surface area contributed by atoms with Crippen LogP contribution in [-0.4, -0.2) is 24.2 Å². The molecule has 3 heteroatoms. The van der Waals surface area contributed by atoms with E-state index < -0.39 is 0 Å². The van der Waals surface area contributed by atoms with Crippen molar-refractivity contribution >= 4 is 0 Å². The maximum absolute atomic E-state index is 5.69. The van der Waals surface area contributed by atoms with E-state index in [1.54, 1.807) is 0 Å². The number of aromatic nitrogens is 1. The molecule has 1 saturated heterocycles. The molecule has 3 nitrogen and oxygen atoms in total. The Labute approximate surface area is 126 Å². The Hall–Kier alpha value is -1.71. The van der Waals surface area contributed by atoms with Gasteiger partial charge in [0.05, 0.1) is 17.8 Å². The molecule has 0 radical (unpaired) electrons. The zero-order valence-electron chi connectivity index (χ0n) is 12.2. The smallest absolute Gasteiger partial charge is 0.0751 e. The molecule has 1 N–H and O–H groups in total. The van der Waals surface area contributed by atoms with Crippen molar-refractivity contribution in [1.29, 1.82) is 0 Å². The highest BCUT2D eigenvalue weighted by atomic mass is 16.5. The van der Waals surface area contributed by atoms with Crippen molar-refractivity contribution in [2.45, 2.75) is 31.4 Å². The lowest BCUT2D eigenvalue weighted by atomic mass is 10.0. The summed E-state index contributed by atoms with van der Waals surface area (Å²) in [6, 6.07) is 16.7. The lowest BCUT2D eigenvalue weighted by Crippen LogP contribution is -2.26. The van der Waals surface area contributed by atoms with E-state index in [2.05, 4.69) is 40.6 Å². The van der Waals surface area contributed by atoms with Gasteiger partial charge in [-0.1, -0.05) is 36.4 Å². The maximum atomic E-state index is 5.69. The van der Waals surface area contributed by atoms with Gasteiger partial charge in [-0.05, 0) is 43.5 Å². The summed E-state index contributed by atoms with van der Waals surface area (Å²) in [5, 5.41) is 3.64. The second-order valence-corrected chi connectivity index (χ2v) is 5.48. The Morgan fingerprint density at radius 3 is 2.71 bits per heavy atom. The summed E-state index contributed by atoms with van der Waals surface area (Å²) < 4.78 is 5.69. The third-order valence-corrected chi connectivity index (χ3v) is 3.96. The highest BCUT2D eigenvalue weighted by Crippen LogP contribution is 2.21. The number of pyridine rings is 1. The molecule has 0 amide bonds. The fourth-order valence-corrected chi connectivity index (χ4v) is 2.85. The first-order valence-corrected chi connectivity index (χ1v) is 7.74. The molecule has 2 aromatic rings. The molecule has 0 saturated carbocycles. The quantitative estimate of drug-likeness (QED) is 0.882. The first-order valence-electron chi connectivity index (χ1n) is 7.74. The Kier molecular flexibility index (Phi) is 4.98. The number of hydrogen-bond acceptors (Lipinski definition) is 3. The van der Waals surface area contributed by atoms with Crippen LogP contribution in [0.1, 0.15) is 36.6 Å². The number of hydrogen-bond donors (Lipinski definition) is 1. The van der Waals surface area contributed by atoms with Crippen LogP contribution in [0.3, 0.4) is 0 Å². The van der Waals surface area contributed by atoms with Crippen LogP contribution in [0.2, 0.25) is 0 Å². The molecule has 0 bridgehead atoms. The van der Waals surface area contributed by atoms with E-state index >= 15 is 0 Å². The Balaban J connectivity index is 1.67. The van der Waals surface area contributed by atoms with Crippen molar-refractivity contribution in [1.82, 2.24) is 10.3 Å². The zero-order valence-corrected chi connectivity index (χ0v) is 12.2. The third kappa shape index (κ3) is 3.90. The molecule has 21 heavy (non-hydrogen) atoms. The molecule has 2 heterocycles. The van der Waals surface area contributed by atoms with Crippen molar-refractivity contribution < 1.29 is 4.74 Å². The largest absolute Gasteiger partial charge is 0.378 e. The van der Waals surface area contributed by atoms with Gasteiger partial charge in [0.2, 0.25) is 0 Å². The fraction of sp³-hybridized carbons (Fsp3) is 0.389. The Bertz CT molecular complexity index is 484. The third-order valence-electron chi connectivity index (χ3n) is 3.96. The predicted molar refractivity (Wildman–Crippen MR) is 84.1 cm³/mol. The highest BCUT2D eigenvalue weighted by molar-refractivity contribution is 5.27. The van der Waals surface area contributed by atoms with Crippen LogP contribution in [0.4, 0.5) is 0 Å². The van der Waals surface area contributed by atoms with Gasteiger partial charge >= 0.3 is 0 Å². The molecule has 1 aromatic heterocycles. The summed E-state index contributed by atoms with van der Waals surface area (Å²) in [6.45, 7) is 1.87. The van der Waals surface area contributed by atoms with Crippen LogP contribution in [0.5, 0.6) is 0 Å². The molecule has 0 spiro atoms. The van der Waals surface area contributed by atoms with Gasteiger partial charge in [0, 0.05) is 12.8 Å². The summed E-state index contributed by atoms with van der Waals surface area (Å²) in [5.74, 6) is 0. The van der Waals surface area contributed by atoms with Crippen LogP contribution in [0, 0.1) is 0 Å². The monoisotopic (exact) mass is 282 g/mol. The molecular weight excluding hydrogens is 260 g/mol. The maximum Gasteiger partial charge on any atom is 0.0751 e. The number of rotatable bonds is 6. The minimum Gasteiger partial charge on any atom is -0.378 e. The predicted octanol–water partition coefficient (Wildman–Crippen LogP) is 3.33. The van der Waals surface area contributed by atoms with Gasteiger partial charge in [-0.15, -0.1) is 0 Å². The number of ether oxygens (including phenoxy) is 1. The van der Waals surface area contributed by atoms with Gasteiger partial charge < -0.3 is 10.1 Å². The second kappa shape index (κ2) is 7.34. The molecule has 1 aliphatic heterocycles. The first-order chi connectivity index (χ1) is 10.4. The van der Waals surface area contributed by atoms with E-state index in [-0.39, 0.29) is 6.04 Å². The van der Waals surface area contributed by atoms with Crippen LogP contribution in [0.25, 0.3) is 0 Å². The van der Waals surface area contributed by atoms with Crippen LogP contribution in [0.15, 0.2) is 54.7 Å². The Morgan fingerprint density at radius 2 is 2.00 bits per heavy atom. The van der Waals surface area contributed by atoms with Gasteiger partial charge in [-0.2, -0.15) is 0 Å². The van der Waals surface area contributed by atoms with Crippen LogP contribution >= 0.6 is 0 Å². The number of nitrogens with zero attached hydrogens (tertiary/aromatic N) is 1. The van der Waals surface area contributed by atoms with Crippen molar-refractivity contribution in [2.24, 2.45) is 0 Å². The number of benzene rings is 1. The molecule has 110 valence electrons. The molecule has 2 atom stereocenters. The second-order valence-electron chi connectivity index (χ2n) is 5.48. The summed E-state index contributed by atoms with van der Waals surface area (Å²) in [4.78, 5) is 4.51. The fourth-order valence-electron chi connectivity index (χ4n) is 2.85. The summed E-state index contributed by atoms with van der Waals surface area (Å²) >= 11 is 0. The van der Waals surface area contributed by atoms with Gasteiger partial charge in [0.25, 0.3) is 0 Å². The SMILES string of the molecule is c1ccc(C(NCCC2CCCO2)c2ccccn2)cc1. The molecule has 2 unspecified atom stereocenters. The first kappa shape index (κ1) is 14.2. The minimum atomic E-state index is 0.147. The van der Waals surface area contributed by atoms with Crippen LogP contribution in [-0.2, 0) is 4.74 Å². The summed E-state index contributed by atoms with van der Waals surface area (Å²) in [7, 11) is 0. The average Bonchev–Trinajstić information content (AvgIpc) is 3.07. The summed E-state index contributed by atoms with van der Waals surface area (Å²) in [6.07, 6.45) is 5.75. The minimum absolute atomic E-state index is 0.147. The van der Waals surface area contributed by atoms with Gasteiger partial charge in [-0.3, -0.25) is 4.98 Å². The molecule has 1 aliphatic rings. The van der Waals surface area contributed by atoms with E-state index in [4.69, 9.17) is 4.74 Å². The van der Waals surface area contributed by atoms with Gasteiger partial charge in [0.1, 0.15) is 0 Å². The normalized spacial score (nSPS) is 19.5. The standard InChI is InChI=1S/C18H22N2O/c1-2-7-15(8-3-1)18(17-10-4-5-12-19-17)20-13-11-16-9-6-14-21-16/h1-5,7-8,10,12,16,18,20H,6,9,11,13-14H2. The lowest BCUT2D eigenvalue weighted by molar-refractivity contribution is 0.104. The molecule has 3 rings (SSSR count). The molecule has 1 aromatic carbocycles. The topological polar surface area (TPSA) is 34.1 Å². The van der Waals surface area contributed by atoms with Crippen LogP contribution < -0.4 is 5.32 Å². The molecule has 1 fully saturated rings. The van der Waals surface area contributed by atoms with E-state index in [0.717, 1.165) is 25.3 Å². The molecular formula is C18H22N2O. The zero-order chi connectivity index (χ0) is 14.3. The van der Waals surface area contributed by atoms with Gasteiger partial charge in [-0.25, -0.2) is 0 Å². The van der Waals surface area contributed by atoms with Crippen molar-refractivity contribution in [3.8, 4) is 0 Å². The Morgan fingerprint density at radius 1 is 1.14 bits per heavy atom. The average molecular weight is 282 g/mol. The van der Waals surface area contributed by atoms with E-state index in [9.17, 15) is 0 Å². The number of nitrogens with one attached hydrogen (secondary N) is 1. The van der Waals surface area contributed by atoms with E-state index in [1.165, 1.54) is 18.4 Å². The van der Waals surface area contributed by atoms with E-state index in [1.807, 2.05) is 24.4 Å². The summed E-state index contributed by atoms with van der Waals surface area (Å²) in [5.41, 5.74) is 2.32. The van der Waals surface area contributed by atoms with Crippen molar-refractivity contribution in [3.63, 3.8) is 0 Å². The van der Waals surface area contributed by atoms with Crippen molar-refractivity contribution in [2.75, 3.05) is 13.2 Å². The van der Waals surface area contributed by atoms with Crippen molar-refractivity contribution in [3.05, 3.63) is 66.0 Å². The van der Waals surface area contributed by atoms with Gasteiger partial charge in [0.15, 0.2) is 0 Å². The highest BCUT2D eigenvalue weighted by Gasteiger charge is 2.18. The van der Waals surface area contributed by atoms with E-state index in [0.29, 0.717) is 6.10 Å². The lowest BCUT2D eigenvalue weighted by Gasteiger charge is -2.20. The molecule has 0 aliphatic carbocycles.